The van der Waals surface area contributed by atoms with E-state index in [1.165, 1.54) is 11.4 Å². The van der Waals surface area contributed by atoms with Gasteiger partial charge in [-0.1, -0.05) is 12.1 Å². The highest BCUT2D eigenvalue weighted by Gasteiger charge is 2.25. The predicted octanol–water partition coefficient (Wildman–Crippen LogP) is 2.05. The summed E-state index contributed by atoms with van der Waals surface area (Å²) in [5, 5.41) is 0. The molecule has 0 aliphatic heterocycles. The first-order valence-electron chi connectivity index (χ1n) is 6.91. The fraction of sp³-hybridized carbons (Fsp3) is 0.600. The van der Waals surface area contributed by atoms with Crippen molar-refractivity contribution >= 4 is 10.0 Å². The molecule has 1 aromatic carbocycles. The van der Waals surface area contributed by atoms with Gasteiger partial charge in [0.2, 0.25) is 10.0 Å². The highest BCUT2D eigenvalue weighted by Crippen LogP contribution is 2.25. The van der Waals surface area contributed by atoms with Crippen LogP contribution in [0.2, 0.25) is 0 Å². The van der Waals surface area contributed by atoms with E-state index in [1.54, 1.807) is 31.3 Å². The van der Waals surface area contributed by atoms with Crippen LogP contribution in [-0.4, -0.2) is 57.5 Å². The van der Waals surface area contributed by atoms with Gasteiger partial charge in [0, 0.05) is 25.7 Å². The molecule has 0 radical (unpaired) electrons. The van der Waals surface area contributed by atoms with Crippen LogP contribution in [0.25, 0.3) is 0 Å². The van der Waals surface area contributed by atoms with Gasteiger partial charge in [0.25, 0.3) is 0 Å². The van der Waals surface area contributed by atoms with E-state index in [4.69, 9.17) is 4.74 Å². The molecule has 0 aromatic heterocycles. The van der Waals surface area contributed by atoms with E-state index in [-0.39, 0.29) is 10.4 Å². The first-order valence-corrected chi connectivity index (χ1v) is 8.35. The van der Waals surface area contributed by atoms with Gasteiger partial charge >= 0.3 is 0 Å². The van der Waals surface area contributed by atoms with E-state index in [1.807, 2.05) is 7.05 Å². The summed E-state index contributed by atoms with van der Waals surface area (Å²) in [6, 6.07) is 6.68. The summed E-state index contributed by atoms with van der Waals surface area (Å²) < 4.78 is 31.7. The van der Waals surface area contributed by atoms with Crippen molar-refractivity contribution in [3.63, 3.8) is 0 Å². The maximum Gasteiger partial charge on any atom is 0.246 e. The van der Waals surface area contributed by atoms with Crippen molar-refractivity contribution < 1.29 is 13.2 Å². The summed E-state index contributed by atoms with van der Waals surface area (Å²) >= 11 is 0. The van der Waals surface area contributed by atoms with Gasteiger partial charge in [0.05, 0.1) is 7.11 Å². The fourth-order valence-corrected chi connectivity index (χ4v) is 3.06. The predicted molar refractivity (Wildman–Crippen MR) is 85.2 cm³/mol. The Morgan fingerprint density at radius 2 is 1.67 bits per heavy atom. The molecule has 0 atom stereocenters. The smallest absolute Gasteiger partial charge is 0.246 e. The number of rotatable bonds is 6. The van der Waals surface area contributed by atoms with E-state index in [2.05, 4.69) is 25.7 Å². The van der Waals surface area contributed by atoms with Gasteiger partial charge in [-0.2, -0.15) is 4.31 Å². The van der Waals surface area contributed by atoms with Crippen molar-refractivity contribution in [2.75, 3.05) is 34.3 Å². The molecule has 5 nitrogen and oxygen atoms in total. The number of nitrogens with zero attached hydrogens (tertiary/aromatic N) is 2. The molecule has 0 bridgehead atoms. The molecule has 0 aliphatic carbocycles. The van der Waals surface area contributed by atoms with Gasteiger partial charge in [-0.25, -0.2) is 8.42 Å². The normalized spacial score (nSPS) is 13.0. The van der Waals surface area contributed by atoms with Crippen LogP contribution >= 0.6 is 0 Å². The highest BCUT2D eigenvalue weighted by molar-refractivity contribution is 7.89. The molecule has 1 aromatic rings. The average molecular weight is 314 g/mol. The Labute approximate surface area is 128 Å². The van der Waals surface area contributed by atoms with Crippen molar-refractivity contribution in [3.8, 4) is 5.75 Å². The van der Waals surface area contributed by atoms with Gasteiger partial charge in [0.15, 0.2) is 0 Å². The van der Waals surface area contributed by atoms with Gasteiger partial charge in [0.1, 0.15) is 10.6 Å². The van der Waals surface area contributed by atoms with E-state index in [9.17, 15) is 8.42 Å². The summed E-state index contributed by atoms with van der Waals surface area (Å²) in [7, 11) is 1.52. The molecule has 0 fully saturated rings. The summed E-state index contributed by atoms with van der Waals surface area (Å²) in [6.07, 6.45) is 0. The second-order valence-electron chi connectivity index (χ2n) is 6.07. The lowest BCUT2D eigenvalue weighted by atomic mass is 10.1. The SMILES string of the molecule is COc1ccccc1S(=O)(=O)N(C)CCN(C)C(C)(C)C. The number of hydrogen-bond donors (Lipinski definition) is 0. The standard InChI is InChI=1S/C15H26N2O3S/c1-15(2,3)16(4)11-12-17(5)21(18,19)14-10-8-7-9-13(14)20-6/h7-10H,11-12H2,1-6H3. The lowest BCUT2D eigenvalue weighted by Gasteiger charge is -2.33. The Bertz CT molecular complexity index is 565. The lowest BCUT2D eigenvalue weighted by molar-refractivity contribution is 0.168. The van der Waals surface area contributed by atoms with Crippen molar-refractivity contribution in [3.05, 3.63) is 24.3 Å². The number of para-hydroxylation sites is 1. The highest BCUT2D eigenvalue weighted by atomic mass is 32.2. The zero-order valence-corrected chi connectivity index (χ0v) is 14.6. The topological polar surface area (TPSA) is 49.9 Å². The first-order chi connectivity index (χ1) is 9.60. The van der Waals surface area contributed by atoms with Crippen molar-refractivity contribution in [1.29, 1.82) is 0 Å². The number of ether oxygens (including phenoxy) is 1. The monoisotopic (exact) mass is 314 g/mol. The second-order valence-corrected chi connectivity index (χ2v) is 8.08. The van der Waals surface area contributed by atoms with Crippen LogP contribution in [0.15, 0.2) is 29.2 Å². The number of sulfonamides is 1. The zero-order valence-electron chi connectivity index (χ0n) is 13.8. The number of benzene rings is 1. The van der Waals surface area contributed by atoms with Crippen LogP contribution in [-0.2, 0) is 10.0 Å². The van der Waals surface area contributed by atoms with Gasteiger partial charge in [-0.15, -0.1) is 0 Å². The van der Waals surface area contributed by atoms with Crippen LogP contribution < -0.4 is 4.74 Å². The van der Waals surface area contributed by atoms with Crippen LogP contribution in [0.3, 0.4) is 0 Å². The molecule has 120 valence electrons. The third kappa shape index (κ3) is 4.43. The second kappa shape index (κ2) is 6.77. The van der Waals surface area contributed by atoms with E-state index in [0.29, 0.717) is 18.8 Å². The number of hydrogen-bond acceptors (Lipinski definition) is 4. The molecule has 0 N–H and O–H groups in total. The van der Waals surface area contributed by atoms with Gasteiger partial charge < -0.3 is 9.64 Å². The molecule has 0 saturated heterocycles. The molecule has 0 heterocycles. The molecular formula is C15H26N2O3S. The quantitative estimate of drug-likeness (QED) is 0.806. The molecule has 6 heteroatoms. The number of methoxy groups -OCH3 is 1. The molecule has 0 amide bonds. The fourth-order valence-electron chi connectivity index (χ4n) is 1.75. The maximum atomic E-state index is 12.6. The minimum atomic E-state index is -3.54. The third-order valence-corrected chi connectivity index (χ3v) is 5.55. The first kappa shape index (κ1) is 17.9. The Morgan fingerprint density at radius 3 is 2.19 bits per heavy atom. The Morgan fingerprint density at radius 1 is 1.10 bits per heavy atom. The minimum Gasteiger partial charge on any atom is -0.495 e. The van der Waals surface area contributed by atoms with E-state index in [0.717, 1.165) is 0 Å². The maximum absolute atomic E-state index is 12.6. The van der Waals surface area contributed by atoms with Crippen molar-refractivity contribution in [2.24, 2.45) is 0 Å². The summed E-state index contributed by atoms with van der Waals surface area (Å²) in [5.41, 5.74) is 0.00897. The third-order valence-electron chi connectivity index (χ3n) is 3.65. The van der Waals surface area contributed by atoms with Crippen LogP contribution in [0.4, 0.5) is 0 Å². The van der Waals surface area contributed by atoms with Crippen LogP contribution in [0.5, 0.6) is 5.75 Å². The van der Waals surface area contributed by atoms with Crippen LogP contribution in [0, 0.1) is 0 Å². The van der Waals surface area contributed by atoms with E-state index >= 15 is 0 Å². The summed E-state index contributed by atoms with van der Waals surface area (Å²) in [6.45, 7) is 7.38. The average Bonchev–Trinajstić information content (AvgIpc) is 2.42. The molecule has 0 spiro atoms. The summed E-state index contributed by atoms with van der Waals surface area (Å²) in [4.78, 5) is 2.33. The Balaban J connectivity index is 2.88. The number of likely N-dealkylation sites (N-methyl/N-ethyl adjacent to an activating group) is 2. The summed E-state index contributed by atoms with van der Waals surface area (Å²) in [5.74, 6) is 0.369. The Kier molecular flexibility index (Phi) is 5.78. The zero-order chi connectivity index (χ0) is 16.3. The molecule has 0 unspecified atom stereocenters. The van der Waals surface area contributed by atoms with Crippen molar-refractivity contribution in [2.45, 2.75) is 31.2 Å². The molecule has 1 rings (SSSR count). The molecule has 0 saturated carbocycles. The minimum absolute atomic E-state index is 0.00897. The van der Waals surface area contributed by atoms with E-state index < -0.39 is 10.0 Å². The molecular weight excluding hydrogens is 288 g/mol. The largest absolute Gasteiger partial charge is 0.495 e. The Hall–Kier alpha value is -1.11. The lowest BCUT2D eigenvalue weighted by Crippen LogP contribution is -2.43. The van der Waals surface area contributed by atoms with Crippen molar-refractivity contribution in [1.82, 2.24) is 9.21 Å². The van der Waals surface area contributed by atoms with Gasteiger partial charge in [-0.05, 0) is 40.0 Å². The van der Waals surface area contributed by atoms with Crippen LogP contribution in [0.1, 0.15) is 20.8 Å². The molecule has 21 heavy (non-hydrogen) atoms. The van der Waals surface area contributed by atoms with Gasteiger partial charge in [-0.3, -0.25) is 0 Å². The molecule has 0 aliphatic rings.